The van der Waals surface area contributed by atoms with E-state index in [2.05, 4.69) is 20.6 Å². The predicted molar refractivity (Wildman–Crippen MR) is 101 cm³/mol. The molecule has 3 aromatic rings. The van der Waals surface area contributed by atoms with Crippen LogP contribution in [0.15, 0.2) is 60.9 Å². The van der Waals surface area contributed by atoms with E-state index in [1.807, 2.05) is 24.3 Å². The smallest absolute Gasteiger partial charge is 0.159 e. The number of carbonyl (C=O) groups excluding carboxylic acids is 2. The zero-order valence-electron chi connectivity index (χ0n) is 14.5. The Kier molecular flexibility index (Phi) is 5.03. The number of ketones is 2. The van der Waals surface area contributed by atoms with Crippen molar-refractivity contribution in [2.45, 2.75) is 13.8 Å². The van der Waals surface area contributed by atoms with Crippen LogP contribution in [0, 0.1) is 0 Å². The van der Waals surface area contributed by atoms with Gasteiger partial charge in [0.1, 0.15) is 18.0 Å². The lowest BCUT2D eigenvalue weighted by Crippen LogP contribution is -2.00. The van der Waals surface area contributed by atoms with Gasteiger partial charge in [0.05, 0.1) is 0 Å². The molecule has 0 unspecified atom stereocenters. The summed E-state index contributed by atoms with van der Waals surface area (Å²) in [6.07, 6.45) is 1.44. The summed E-state index contributed by atoms with van der Waals surface area (Å²) in [5.41, 5.74) is 2.79. The van der Waals surface area contributed by atoms with Crippen LogP contribution in [0.25, 0.3) is 0 Å². The minimum absolute atomic E-state index is 0.00375. The van der Waals surface area contributed by atoms with Crippen LogP contribution in [0.1, 0.15) is 34.6 Å². The largest absolute Gasteiger partial charge is 0.340 e. The molecule has 1 heterocycles. The van der Waals surface area contributed by atoms with Gasteiger partial charge in [-0.2, -0.15) is 0 Å². The standard InChI is InChI=1S/C20H18N4O2/c1-13(25)15-5-3-7-17(9-15)23-19-11-20(22-12-21-19)24-18-8-4-6-16(10-18)14(2)26/h3-12H,1-2H3,(H2,21,22,23,24). The van der Waals surface area contributed by atoms with E-state index in [-0.39, 0.29) is 11.6 Å². The number of benzene rings is 2. The minimum Gasteiger partial charge on any atom is -0.340 e. The molecule has 0 bridgehead atoms. The third-order valence-corrected chi connectivity index (χ3v) is 3.75. The molecule has 1 aromatic heterocycles. The molecular formula is C20H18N4O2. The minimum atomic E-state index is 0.00375. The molecule has 26 heavy (non-hydrogen) atoms. The highest BCUT2D eigenvalue weighted by Gasteiger charge is 2.05. The van der Waals surface area contributed by atoms with Gasteiger partial charge in [-0.05, 0) is 38.1 Å². The number of rotatable bonds is 6. The van der Waals surface area contributed by atoms with Crippen molar-refractivity contribution in [1.82, 2.24) is 9.97 Å². The van der Waals surface area contributed by atoms with Crippen molar-refractivity contribution in [1.29, 1.82) is 0 Å². The van der Waals surface area contributed by atoms with Crippen LogP contribution < -0.4 is 10.6 Å². The number of nitrogens with one attached hydrogen (secondary N) is 2. The molecule has 2 N–H and O–H groups in total. The predicted octanol–water partition coefficient (Wildman–Crippen LogP) is 4.37. The highest BCUT2D eigenvalue weighted by atomic mass is 16.1. The molecule has 0 aliphatic rings. The van der Waals surface area contributed by atoms with E-state index in [9.17, 15) is 9.59 Å². The number of carbonyl (C=O) groups is 2. The van der Waals surface area contributed by atoms with E-state index >= 15 is 0 Å². The Balaban J connectivity index is 1.78. The maximum atomic E-state index is 11.5. The van der Waals surface area contributed by atoms with Crippen molar-refractivity contribution in [2.75, 3.05) is 10.6 Å². The number of Topliss-reactive ketones (excluding diaryl/α,β-unsaturated/α-hetero) is 2. The lowest BCUT2D eigenvalue weighted by atomic mass is 10.1. The first-order valence-electron chi connectivity index (χ1n) is 8.09. The Morgan fingerprint density at radius 3 is 1.62 bits per heavy atom. The summed E-state index contributed by atoms with van der Waals surface area (Å²) in [5.74, 6) is 1.19. The number of anilines is 4. The molecule has 6 heteroatoms. The molecule has 0 saturated heterocycles. The maximum absolute atomic E-state index is 11.5. The van der Waals surface area contributed by atoms with Gasteiger partial charge in [0.15, 0.2) is 11.6 Å². The average molecular weight is 346 g/mol. The highest BCUT2D eigenvalue weighted by Crippen LogP contribution is 2.21. The summed E-state index contributed by atoms with van der Waals surface area (Å²) >= 11 is 0. The molecular weight excluding hydrogens is 328 g/mol. The number of aromatic nitrogens is 2. The van der Waals surface area contributed by atoms with Gasteiger partial charge < -0.3 is 10.6 Å². The molecule has 0 fully saturated rings. The third-order valence-electron chi connectivity index (χ3n) is 3.75. The molecule has 0 amide bonds. The van der Waals surface area contributed by atoms with Crippen molar-refractivity contribution in [3.8, 4) is 0 Å². The fourth-order valence-electron chi connectivity index (χ4n) is 2.42. The van der Waals surface area contributed by atoms with Crippen LogP contribution >= 0.6 is 0 Å². The van der Waals surface area contributed by atoms with Gasteiger partial charge >= 0.3 is 0 Å². The van der Waals surface area contributed by atoms with E-state index in [1.54, 1.807) is 30.3 Å². The van der Waals surface area contributed by atoms with Gasteiger partial charge in [-0.15, -0.1) is 0 Å². The van der Waals surface area contributed by atoms with Crippen molar-refractivity contribution < 1.29 is 9.59 Å². The zero-order valence-corrected chi connectivity index (χ0v) is 14.5. The Bertz CT molecular complexity index is 895. The van der Waals surface area contributed by atoms with E-state index in [4.69, 9.17) is 0 Å². The quantitative estimate of drug-likeness (QED) is 0.645. The Hall–Kier alpha value is -3.54. The second kappa shape index (κ2) is 7.57. The van der Waals surface area contributed by atoms with Crippen LogP contribution in [0.3, 0.4) is 0 Å². The van der Waals surface area contributed by atoms with Crippen LogP contribution in [0.4, 0.5) is 23.0 Å². The van der Waals surface area contributed by atoms with Crippen molar-refractivity contribution in [3.05, 3.63) is 72.1 Å². The monoisotopic (exact) mass is 346 g/mol. The third kappa shape index (κ3) is 4.30. The average Bonchev–Trinajstić information content (AvgIpc) is 2.62. The first-order valence-corrected chi connectivity index (χ1v) is 8.09. The van der Waals surface area contributed by atoms with Crippen LogP contribution in [0.2, 0.25) is 0 Å². The van der Waals surface area contributed by atoms with Gasteiger partial charge in [0.2, 0.25) is 0 Å². The SMILES string of the molecule is CC(=O)c1cccc(Nc2cc(Nc3cccc(C(C)=O)c3)ncn2)c1. The molecule has 6 nitrogen and oxygen atoms in total. The van der Waals surface area contributed by atoms with E-state index in [0.29, 0.717) is 22.8 Å². The number of hydrogen-bond acceptors (Lipinski definition) is 6. The lowest BCUT2D eigenvalue weighted by molar-refractivity contribution is 0.100. The fraction of sp³-hybridized carbons (Fsp3) is 0.100. The van der Waals surface area contributed by atoms with Crippen LogP contribution in [-0.4, -0.2) is 21.5 Å². The van der Waals surface area contributed by atoms with Gasteiger partial charge in [0.25, 0.3) is 0 Å². The second-order valence-corrected chi connectivity index (χ2v) is 5.81. The summed E-state index contributed by atoms with van der Waals surface area (Å²) in [7, 11) is 0. The molecule has 0 aliphatic heterocycles. The first-order chi connectivity index (χ1) is 12.5. The molecule has 3 rings (SSSR count). The van der Waals surface area contributed by atoms with Gasteiger partial charge in [-0.3, -0.25) is 9.59 Å². The topological polar surface area (TPSA) is 84.0 Å². The summed E-state index contributed by atoms with van der Waals surface area (Å²) < 4.78 is 0. The Morgan fingerprint density at radius 1 is 0.731 bits per heavy atom. The highest BCUT2D eigenvalue weighted by molar-refractivity contribution is 5.95. The first kappa shape index (κ1) is 17.3. The molecule has 0 aliphatic carbocycles. The van der Waals surface area contributed by atoms with E-state index in [0.717, 1.165) is 11.4 Å². The molecule has 0 saturated carbocycles. The van der Waals surface area contributed by atoms with Gasteiger partial charge in [-0.1, -0.05) is 24.3 Å². The van der Waals surface area contributed by atoms with Gasteiger partial charge in [-0.25, -0.2) is 9.97 Å². The van der Waals surface area contributed by atoms with Crippen LogP contribution in [-0.2, 0) is 0 Å². The maximum Gasteiger partial charge on any atom is 0.159 e. The Labute approximate surface area is 151 Å². The van der Waals surface area contributed by atoms with Crippen LogP contribution in [0.5, 0.6) is 0 Å². The summed E-state index contributed by atoms with van der Waals surface area (Å²) in [6.45, 7) is 3.06. The number of nitrogens with zero attached hydrogens (tertiary/aromatic N) is 2. The molecule has 130 valence electrons. The summed E-state index contributed by atoms with van der Waals surface area (Å²) in [6, 6.07) is 16.2. The van der Waals surface area contributed by atoms with Crippen molar-refractivity contribution in [2.24, 2.45) is 0 Å². The zero-order chi connectivity index (χ0) is 18.5. The summed E-state index contributed by atoms with van der Waals surface area (Å²) in [4.78, 5) is 31.4. The molecule has 0 radical (unpaired) electrons. The van der Waals surface area contributed by atoms with Crippen molar-refractivity contribution >= 4 is 34.6 Å². The van der Waals surface area contributed by atoms with Gasteiger partial charge in [0, 0.05) is 28.6 Å². The number of hydrogen-bond donors (Lipinski definition) is 2. The Morgan fingerprint density at radius 2 is 1.19 bits per heavy atom. The fourth-order valence-corrected chi connectivity index (χ4v) is 2.42. The molecule has 0 spiro atoms. The normalized spacial score (nSPS) is 10.2. The second-order valence-electron chi connectivity index (χ2n) is 5.81. The summed E-state index contributed by atoms with van der Waals surface area (Å²) in [5, 5.41) is 6.32. The van der Waals surface area contributed by atoms with Crippen molar-refractivity contribution in [3.63, 3.8) is 0 Å². The van der Waals surface area contributed by atoms with E-state index < -0.39 is 0 Å². The van der Waals surface area contributed by atoms with E-state index in [1.165, 1.54) is 20.2 Å². The molecule has 0 atom stereocenters. The lowest BCUT2D eigenvalue weighted by Gasteiger charge is -2.10. The molecule has 2 aromatic carbocycles.